The molecular weight excluding hydrogens is 300 g/mol. The molecule has 0 radical (unpaired) electrons. The third kappa shape index (κ3) is 3.14. The lowest BCUT2D eigenvalue weighted by Gasteiger charge is -2.62. The van der Waals surface area contributed by atoms with Crippen molar-refractivity contribution in [1.29, 1.82) is 0 Å². The van der Waals surface area contributed by atoms with Gasteiger partial charge in [0.15, 0.2) is 5.96 Å². The molecule has 1 saturated heterocycles. The fraction of sp³-hybridized carbons (Fsp3) is 0.625. The van der Waals surface area contributed by atoms with E-state index in [0.717, 1.165) is 12.5 Å². The van der Waals surface area contributed by atoms with E-state index in [1.54, 1.807) is 25.4 Å². The predicted octanol–water partition coefficient (Wildman–Crippen LogP) is 2.81. The van der Waals surface area contributed by atoms with Gasteiger partial charge < -0.3 is 15.0 Å². The Labute approximate surface area is 137 Å². The standard InChI is InChI=1S/C16H25ClN4O/c1-15(2)11-21(16(15,3)4)14(18-5)20-9-10-22-13-12(17)7-6-8-19-13/h6-8H,9-11H2,1-5H3,(H,18,20). The van der Waals surface area contributed by atoms with E-state index in [1.807, 2.05) is 0 Å². The monoisotopic (exact) mass is 324 g/mol. The Balaban J connectivity index is 1.83. The number of rotatable bonds is 4. The Morgan fingerprint density at radius 3 is 2.73 bits per heavy atom. The number of aliphatic imine (C=N–C) groups is 1. The van der Waals surface area contributed by atoms with E-state index in [-0.39, 0.29) is 11.0 Å². The highest BCUT2D eigenvalue weighted by Gasteiger charge is 2.53. The summed E-state index contributed by atoms with van der Waals surface area (Å²) in [6, 6.07) is 3.55. The lowest BCUT2D eigenvalue weighted by Crippen LogP contribution is -2.72. The number of guanidine groups is 1. The van der Waals surface area contributed by atoms with Gasteiger partial charge in [0.1, 0.15) is 11.6 Å². The van der Waals surface area contributed by atoms with E-state index in [2.05, 4.69) is 47.9 Å². The average Bonchev–Trinajstić information content (AvgIpc) is 2.47. The zero-order chi connectivity index (χ0) is 16.4. The molecule has 0 spiro atoms. The first kappa shape index (κ1) is 16.9. The highest BCUT2D eigenvalue weighted by molar-refractivity contribution is 6.31. The molecule has 2 heterocycles. The average molecular weight is 325 g/mol. The molecule has 0 saturated carbocycles. The molecule has 1 aliphatic heterocycles. The lowest BCUT2D eigenvalue weighted by atomic mass is 9.65. The molecule has 1 fully saturated rings. The zero-order valence-corrected chi connectivity index (χ0v) is 14.7. The minimum absolute atomic E-state index is 0.0833. The Morgan fingerprint density at radius 1 is 1.45 bits per heavy atom. The van der Waals surface area contributed by atoms with Gasteiger partial charge in [-0.05, 0) is 26.0 Å². The van der Waals surface area contributed by atoms with Gasteiger partial charge in [0.05, 0.1) is 6.54 Å². The fourth-order valence-electron chi connectivity index (χ4n) is 2.48. The highest BCUT2D eigenvalue weighted by atomic mass is 35.5. The Morgan fingerprint density at radius 2 is 2.18 bits per heavy atom. The molecule has 5 nitrogen and oxygen atoms in total. The molecule has 1 aliphatic rings. The molecule has 0 atom stereocenters. The zero-order valence-electron chi connectivity index (χ0n) is 14.0. The summed E-state index contributed by atoms with van der Waals surface area (Å²) in [5, 5.41) is 3.86. The summed E-state index contributed by atoms with van der Waals surface area (Å²) in [7, 11) is 1.81. The summed E-state index contributed by atoms with van der Waals surface area (Å²) in [4.78, 5) is 10.8. The van der Waals surface area contributed by atoms with Crippen LogP contribution in [0, 0.1) is 5.41 Å². The van der Waals surface area contributed by atoms with Crippen LogP contribution in [0.25, 0.3) is 0 Å². The Bertz CT molecular complexity index is 557. The van der Waals surface area contributed by atoms with Crippen LogP contribution >= 0.6 is 11.6 Å². The topological polar surface area (TPSA) is 49.8 Å². The predicted molar refractivity (Wildman–Crippen MR) is 90.7 cm³/mol. The normalized spacial score (nSPS) is 19.5. The van der Waals surface area contributed by atoms with E-state index in [9.17, 15) is 0 Å². The van der Waals surface area contributed by atoms with Crippen molar-refractivity contribution in [2.45, 2.75) is 33.2 Å². The Hall–Kier alpha value is -1.49. The second-order valence-electron chi connectivity index (χ2n) is 6.64. The molecule has 122 valence electrons. The second-order valence-corrected chi connectivity index (χ2v) is 7.05. The van der Waals surface area contributed by atoms with Crippen LogP contribution < -0.4 is 10.1 Å². The molecule has 0 amide bonds. The number of hydrogen-bond donors (Lipinski definition) is 1. The van der Waals surface area contributed by atoms with Gasteiger partial charge in [-0.15, -0.1) is 0 Å². The van der Waals surface area contributed by atoms with Crippen LogP contribution in [-0.4, -0.2) is 48.1 Å². The number of nitrogens with one attached hydrogen (secondary N) is 1. The lowest BCUT2D eigenvalue weighted by molar-refractivity contribution is -0.0667. The summed E-state index contributed by atoms with van der Waals surface area (Å²) in [6.45, 7) is 11.2. The SMILES string of the molecule is CN=C(NCCOc1ncccc1Cl)N1CC(C)(C)C1(C)C. The smallest absolute Gasteiger partial charge is 0.232 e. The van der Waals surface area contributed by atoms with E-state index in [1.165, 1.54) is 0 Å². The third-order valence-electron chi connectivity index (χ3n) is 4.70. The molecular formula is C16H25ClN4O. The molecule has 22 heavy (non-hydrogen) atoms. The van der Waals surface area contributed by atoms with Crippen LogP contribution in [0.2, 0.25) is 5.02 Å². The first-order chi connectivity index (χ1) is 10.3. The molecule has 1 aromatic heterocycles. The van der Waals surface area contributed by atoms with E-state index >= 15 is 0 Å². The van der Waals surface area contributed by atoms with Crippen LogP contribution in [0.15, 0.2) is 23.3 Å². The summed E-state index contributed by atoms with van der Waals surface area (Å²) < 4.78 is 5.58. The van der Waals surface area contributed by atoms with Crippen LogP contribution in [-0.2, 0) is 0 Å². The van der Waals surface area contributed by atoms with Crippen molar-refractivity contribution in [2.24, 2.45) is 10.4 Å². The van der Waals surface area contributed by atoms with Gasteiger partial charge in [-0.2, -0.15) is 0 Å². The van der Waals surface area contributed by atoms with Crippen molar-refractivity contribution in [1.82, 2.24) is 15.2 Å². The van der Waals surface area contributed by atoms with Gasteiger partial charge in [0.2, 0.25) is 5.88 Å². The molecule has 1 aromatic rings. The summed E-state index contributed by atoms with van der Waals surface area (Å²) in [5.41, 5.74) is 0.364. The molecule has 1 N–H and O–H groups in total. The van der Waals surface area contributed by atoms with Crippen molar-refractivity contribution in [3.63, 3.8) is 0 Å². The molecule has 0 aliphatic carbocycles. The van der Waals surface area contributed by atoms with E-state index in [4.69, 9.17) is 16.3 Å². The van der Waals surface area contributed by atoms with Gasteiger partial charge in [-0.3, -0.25) is 4.99 Å². The second kappa shape index (κ2) is 6.32. The fourth-order valence-corrected chi connectivity index (χ4v) is 2.66. The Kier molecular flexibility index (Phi) is 4.85. The van der Waals surface area contributed by atoms with Crippen LogP contribution in [0.4, 0.5) is 0 Å². The summed E-state index contributed by atoms with van der Waals surface area (Å²) in [6.07, 6.45) is 1.66. The molecule has 0 aromatic carbocycles. The van der Waals surface area contributed by atoms with Crippen LogP contribution in [0.5, 0.6) is 5.88 Å². The number of likely N-dealkylation sites (tertiary alicyclic amines) is 1. The van der Waals surface area contributed by atoms with Gasteiger partial charge in [0.25, 0.3) is 0 Å². The maximum Gasteiger partial charge on any atom is 0.232 e. The maximum absolute atomic E-state index is 6.00. The largest absolute Gasteiger partial charge is 0.475 e. The first-order valence-corrected chi connectivity index (χ1v) is 7.89. The summed E-state index contributed by atoms with van der Waals surface area (Å²) >= 11 is 6.00. The minimum Gasteiger partial charge on any atom is -0.475 e. The van der Waals surface area contributed by atoms with Gasteiger partial charge in [-0.25, -0.2) is 4.98 Å². The third-order valence-corrected chi connectivity index (χ3v) is 4.99. The molecule has 0 unspecified atom stereocenters. The van der Waals surface area contributed by atoms with Crippen LogP contribution in [0.1, 0.15) is 27.7 Å². The van der Waals surface area contributed by atoms with Gasteiger partial charge in [0, 0.05) is 30.7 Å². The van der Waals surface area contributed by atoms with Crippen molar-refractivity contribution in [3.05, 3.63) is 23.4 Å². The number of pyridine rings is 1. The number of hydrogen-bond acceptors (Lipinski definition) is 3. The quantitative estimate of drug-likeness (QED) is 0.525. The number of nitrogens with zero attached hydrogens (tertiary/aromatic N) is 3. The highest BCUT2D eigenvalue weighted by Crippen LogP contribution is 2.46. The summed E-state index contributed by atoms with van der Waals surface area (Å²) in [5.74, 6) is 1.37. The molecule has 0 bridgehead atoms. The van der Waals surface area contributed by atoms with E-state index in [0.29, 0.717) is 24.1 Å². The number of aromatic nitrogens is 1. The first-order valence-electron chi connectivity index (χ1n) is 7.51. The van der Waals surface area contributed by atoms with Crippen molar-refractivity contribution in [2.75, 3.05) is 26.7 Å². The molecule has 2 rings (SSSR count). The number of halogens is 1. The van der Waals surface area contributed by atoms with Gasteiger partial charge in [-0.1, -0.05) is 25.4 Å². The van der Waals surface area contributed by atoms with Crippen molar-refractivity contribution in [3.8, 4) is 5.88 Å². The number of ether oxygens (including phenoxy) is 1. The van der Waals surface area contributed by atoms with Crippen LogP contribution in [0.3, 0.4) is 0 Å². The minimum atomic E-state index is 0.0833. The van der Waals surface area contributed by atoms with Crippen molar-refractivity contribution < 1.29 is 4.74 Å². The maximum atomic E-state index is 6.00. The molecule has 6 heteroatoms. The van der Waals surface area contributed by atoms with Crippen molar-refractivity contribution >= 4 is 17.6 Å². The van der Waals surface area contributed by atoms with Gasteiger partial charge >= 0.3 is 0 Å². The van der Waals surface area contributed by atoms with E-state index < -0.39 is 0 Å².